The fourth-order valence-corrected chi connectivity index (χ4v) is 7.03. The first-order valence-corrected chi connectivity index (χ1v) is 16.6. The summed E-state index contributed by atoms with van der Waals surface area (Å²) in [5.74, 6) is 0.200. The van der Waals surface area contributed by atoms with E-state index in [2.05, 4.69) is 16.4 Å². The van der Waals surface area contributed by atoms with E-state index in [9.17, 15) is 14.4 Å². The second kappa shape index (κ2) is 13.2. The number of imide groups is 1. The fourth-order valence-electron chi connectivity index (χ4n) is 6.91. The van der Waals surface area contributed by atoms with Crippen LogP contribution in [0.4, 0.5) is 5.69 Å². The number of allylic oxidation sites excluding steroid dienone is 1. The molecular formula is C36H35ClN6O5. The molecule has 0 bridgehead atoms. The summed E-state index contributed by atoms with van der Waals surface area (Å²) in [6.07, 6.45) is 4.78. The number of carbonyl (C=O) groups is 3. The molecule has 48 heavy (non-hydrogen) atoms. The van der Waals surface area contributed by atoms with Gasteiger partial charge < -0.3 is 9.47 Å². The van der Waals surface area contributed by atoms with Crippen LogP contribution >= 0.6 is 11.6 Å². The number of rotatable bonds is 9. The summed E-state index contributed by atoms with van der Waals surface area (Å²) < 4.78 is 11.3. The molecule has 1 saturated carbocycles. The summed E-state index contributed by atoms with van der Waals surface area (Å²) in [4.78, 5) is 42.1. The van der Waals surface area contributed by atoms with Crippen molar-refractivity contribution in [1.82, 2.24) is 10.0 Å². The Kier molecular flexibility index (Phi) is 8.70. The van der Waals surface area contributed by atoms with Gasteiger partial charge in [0.05, 0.1) is 30.7 Å². The first kappa shape index (κ1) is 31.6. The fraction of sp³-hybridized carbons (Fsp3) is 0.333. The molecule has 3 aromatic rings. The summed E-state index contributed by atoms with van der Waals surface area (Å²) in [5.41, 5.74) is 4.31. The summed E-state index contributed by atoms with van der Waals surface area (Å²) in [5, 5.41) is 16.6. The Morgan fingerprint density at radius 2 is 1.56 bits per heavy atom. The smallest absolute Gasteiger partial charge is 0.264 e. The van der Waals surface area contributed by atoms with Crippen molar-refractivity contribution >= 4 is 46.8 Å². The van der Waals surface area contributed by atoms with E-state index in [1.807, 2.05) is 62.4 Å². The Balaban J connectivity index is 1.18. The highest BCUT2D eigenvalue weighted by Gasteiger charge is 2.55. The van der Waals surface area contributed by atoms with E-state index >= 15 is 0 Å². The van der Waals surface area contributed by atoms with Gasteiger partial charge in [0.25, 0.3) is 17.7 Å². The van der Waals surface area contributed by atoms with Crippen molar-refractivity contribution in [1.29, 1.82) is 0 Å². The van der Waals surface area contributed by atoms with Gasteiger partial charge in [0, 0.05) is 10.9 Å². The number of halogens is 1. The summed E-state index contributed by atoms with van der Waals surface area (Å²) in [7, 11) is 0. The van der Waals surface area contributed by atoms with Crippen LogP contribution in [0, 0.1) is 5.92 Å². The van der Waals surface area contributed by atoms with Crippen molar-refractivity contribution in [2.75, 3.05) is 24.7 Å². The van der Waals surface area contributed by atoms with Crippen molar-refractivity contribution in [2.24, 2.45) is 21.4 Å². The Morgan fingerprint density at radius 1 is 0.896 bits per heavy atom. The Morgan fingerprint density at radius 3 is 2.23 bits per heavy atom. The van der Waals surface area contributed by atoms with Crippen molar-refractivity contribution in [2.45, 2.75) is 51.2 Å². The van der Waals surface area contributed by atoms with Crippen LogP contribution in [0.3, 0.4) is 0 Å². The van der Waals surface area contributed by atoms with E-state index in [1.165, 1.54) is 10.0 Å². The maximum absolute atomic E-state index is 14.2. The molecule has 12 heteroatoms. The maximum Gasteiger partial charge on any atom is 0.264 e. The third-order valence-electron chi connectivity index (χ3n) is 9.06. The molecule has 0 aromatic heterocycles. The van der Waals surface area contributed by atoms with Gasteiger partial charge in [0.2, 0.25) is 0 Å². The van der Waals surface area contributed by atoms with Gasteiger partial charge in [-0.05, 0) is 104 Å². The predicted octanol–water partition coefficient (Wildman–Crippen LogP) is 6.25. The number of ether oxygens (including phenoxy) is 2. The number of amides is 3. The number of nitrogens with zero attached hydrogens (tertiary/aromatic N) is 6. The zero-order valence-electron chi connectivity index (χ0n) is 26.7. The lowest BCUT2D eigenvalue weighted by atomic mass is 9.77. The van der Waals surface area contributed by atoms with Crippen LogP contribution in [-0.4, -0.2) is 65.3 Å². The van der Waals surface area contributed by atoms with E-state index in [0.29, 0.717) is 23.9 Å². The zero-order valence-corrected chi connectivity index (χ0v) is 27.4. The molecule has 3 heterocycles. The summed E-state index contributed by atoms with van der Waals surface area (Å²) >= 11 is 6.02. The lowest BCUT2D eigenvalue weighted by molar-refractivity contribution is -0.136. The minimum atomic E-state index is -1.03. The first-order valence-electron chi connectivity index (χ1n) is 16.2. The van der Waals surface area contributed by atoms with Crippen LogP contribution in [0.25, 0.3) is 6.08 Å². The second-order valence-electron chi connectivity index (χ2n) is 12.0. The number of carbonyl (C=O) groups excluding carboxylic acids is 3. The Hall–Kier alpha value is -5.03. The quantitative estimate of drug-likeness (QED) is 0.249. The molecule has 7 rings (SSSR count). The van der Waals surface area contributed by atoms with Gasteiger partial charge in [-0.3, -0.25) is 19.4 Å². The summed E-state index contributed by atoms with van der Waals surface area (Å²) in [6.45, 7) is 4.76. The average molecular weight is 667 g/mol. The zero-order chi connectivity index (χ0) is 33.4. The topological polar surface area (TPSA) is 116 Å². The highest BCUT2D eigenvalue weighted by atomic mass is 35.5. The van der Waals surface area contributed by atoms with Crippen LogP contribution in [0.1, 0.15) is 50.3 Å². The van der Waals surface area contributed by atoms with Crippen LogP contribution in [0.2, 0.25) is 5.02 Å². The molecule has 3 aliphatic heterocycles. The van der Waals surface area contributed by atoms with Gasteiger partial charge in [-0.25, -0.2) is 9.91 Å². The molecular weight excluding hydrogens is 632 g/mol. The highest BCUT2D eigenvalue weighted by Crippen LogP contribution is 2.45. The summed E-state index contributed by atoms with van der Waals surface area (Å²) in [6, 6.07) is 19.7. The molecule has 1 aliphatic carbocycles. The Bertz CT molecular complexity index is 1810. The maximum atomic E-state index is 14.2. The number of fused-ring (bicyclic) bond motifs is 2. The van der Waals surface area contributed by atoms with Gasteiger partial charge in [0.1, 0.15) is 18.0 Å². The number of hydrogen-bond acceptors (Lipinski definition) is 9. The second-order valence-corrected chi connectivity index (χ2v) is 12.5. The minimum Gasteiger partial charge on any atom is -0.494 e. The predicted molar refractivity (Wildman–Crippen MR) is 181 cm³/mol. The van der Waals surface area contributed by atoms with Crippen molar-refractivity contribution in [3.63, 3.8) is 0 Å². The van der Waals surface area contributed by atoms with Crippen LogP contribution in [-0.2, 0) is 14.4 Å². The SMILES string of the molecule is CCOc1ccc(/C=C2\CCC[C@@H]3C2=NN(C(=O)CN2N=N[C@@H]4C(=O)N(c5ccc(Cl)cc5)C(=O)[C@@H]42)[C@@H]3c2ccc(OCC)cc2)cc1. The molecule has 11 nitrogen and oxygen atoms in total. The number of anilines is 1. The molecule has 4 aliphatic rings. The van der Waals surface area contributed by atoms with Gasteiger partial charge in [0.15, 0.2) is 12.1 Å². The molecule has 4 atom stereocenters. The monoisotopic (exact) mass is 666 g/mol. The van der Waals surface area contributed by atoms with Crippen LogP contribution < -0.4 is 14.4 Å². The highest BCUT2D eigenvalue weighted by molar-refractivity contribution is 6.31. The van der Waals surface area contributed by atoms with Crippen molar-refractivity contribution in [3.8, 4) is 11.5 Å². The van der Waals surface area contributed by atoms with E-state index in [4.69, 9.17) is 26.2 Å². The lowest BCUT2D eigenvalue weighted by Crippen LogP contribution is -2.45. The first-order chi connectivity index (χ1) is 23.4. The molecule has 2 fully saturated rings. The van der Waals surface area contributed by atoms with E-state index in [1.54, 1.807) is 24.3 Å². The van der Waals surface area contributed by atoms with Crippen molar-refractivity contribution in [3.05, 3.63) is 94.5 Å². The number of benzene rings is 3. The molecule has 3 amide bonds. The number of hydrazone groups is 1. The normalized spacial score (nSPS) is 23.9. The standard InChI is InChI=1S/C36H35ClN6O5/c1-3-47-27-16-8-22(9-17-27)20-24-6-5-7-29-31(24)39-43(33(29)23-10-18-28(19-11-23)48-4-2)30(44)21-41-34-32(38-40-41)35(45)42(36(34)46)26-14-12-25(37)13-15-26/h8-20,29,32-34H,3-7,21H2,1-2H3/b24-20+/t29-,32+,33-,34-/m1/s1. The van der Waals surface area contributed by atoms with Crippen LogP contribution in [0.15, 0.2) is 93.8 Å². The average Bonchev–Trinajstić information content (AvgIpc) is 3.76. The minimum absolute atomic E-state index is 0.0300. The number of hydrogen-bond donors (Lipinski definition) is 0. The van der Waals surface area contributed by atoms with E-state index in [-0.39, 0.29) is 24.4 Å². The van der Waals surface area contributed by atoms with Crippen LogP contribution in [0.5, 0.6) is 11.5 Å². The molecule has 1 saturated heterocycles. The third-order valence-corrected chi connectivity index (χ3v) is 9.31. The third kappa shape index (κ3) is 5.83. The molecule has 0 radical (unpaired) electrons. The molecule has 0 unspecified atom stereocenters. The Labute approximate surface area is 283 Å². The van der Waals surface area contributed by atoms with E-state index < -0.39 is 23.9 Å². The van der Waals surface area contributed by atoms with E-state index in [0.717, 1.165) is 58.1 Å². The molecule has 0 spiro atoms. The molecule has 3 aromatic carbocycles. The lowest BCUT2D eigenvalue weighted by Gasteiger charge is -2.30. The largest absolute Gasteiger partial charge is 0.494 e. The van der Waals surface area contributed by atoms with Gasteiger partial charge in [-0.2, -0.15) is 10.2 Å². The molecule has 246 valence electrons. The van der Waals surface area contributed by atoms with Gasteiger partial charge >= 0.3 is 0 Å². The van der Waals surface area contributed by atoms with Gasteiger partial charge in [-0.1, -0.05) is 41.1 Å². The molecule has 0 N–H and O–H groups in total. The van der Waals surface area contributed by atoms with Gasteiger partial charge in [-0.15, -0.1) is 0 Å². The van der Waals surface area contributed by atoms with Crippen molar-refractivity contribution < 1.29 is 23.9 Å².